The highest BCUT2D eigenvalue weighted by Gasteiger charge is 2.38. The quantitative estimate of drug-likeness (QED) is 0.513. The van der Waals surface area contributed by atoms with Gasteiger partial charge in [-0.1, -0.05) is 24.3 Å². The summed E-state index contributed by atoms with van der Waals surface area (Å²) in [4.78, 5) is 21.2. The molecule has 3 aromatic rings. The molecule has 0 bridgehead atoms. The number of rotatable bonds is 11. The molecule has 156 valence electrons. The lowest BCUT2D eigenvalue weighted by molar-refractivity contribution is -0.125. The van der Waals surface area contributed by atoms with Gasteiger partial charge in [0, 0.05) is 31.3 Å². The SMILES string of the molecule is CCOc1cccc(C(CCc2cccnc2)(NCCc2cccnc2)C(N)=O)c1. The number of carbonyl (C=O) groups is 1. The van der Waals surface area contributed by atoms with E-state index in [0.717, 1.165) is 28.9 Å². The molecule has 1 unspecified atom stereocenters. The summed E-state index contributed by atoms with van der Waals surface area (Å²) in [6.45, 7) is 3.07. The maximum absolute atomic E-state index is 12.8. The van der Waals surface area contributed by atoms with Crippen LogP contribution in [0, 0.1) is 0 Å². The molecular formula is C24H28N4O2. The van der Waals surface area contributed by atoms with Gasteiger partial charge in [0.25, 0.3) is 0 Å². The second-order valence-corrected chi connectivity index (χ2v) is 7.13. The molecule has 2 aromatic heterocycles. The molecule has 0 aliphatic heterocycles. The molecule has 0 saturated heterocycles. The molecule has 0 aliphatic carbocycles. The fourth-order valence-electron chi connectivity index (χ4n) is 3.55. The Labute approximate surface area is 177 Å². The van der Waals surface area contributed by atoms with Gasteiger partial charge in [-0.3, -0.25) is 20.1 Å². The van der Waals surface area contributed by atoms with Gasteiger partial charge in [-0.2, -0.15) is 0 Å². The Morgan fingerprint density at radius 2 is 1.73 bits per heavy atom. The van der Waals surface area contributed by atoms with Crippen molar-refractivity contribution in [1.29, 1.82) is 0 Å². The highest BCUT2D eigenvalue weighted by Crippen LogP contribution is 2.30. The van der Waals surface area contributed by atoms with Crippen LogP contribution in [-0.2, 0) is 23.2 Å². The number of benzene rings is 1. The molecule has 30 heavy (non-hydrogen) atoms. The highest BCUT2D eigenvalue weighted by atomic mass is 16.5. The Morgan fingerprint density at radius 1 is 1.03 bits per heavy atom. The van der Waals surface area contributed by atoms with Gasteiger partial charge in [-0.25, -0.2) is 0 Å². The van der Waals surface area contributed by atoms with Crippen molar-refractivity contribution in [3.05, 3.63) is 90.0 Å². The standard InChI is InChI=1S/C24H28N4O2/c1-2-30-22-9-3-8-21(16-22)24(23(25)29,12-10-19-6-4-13-26-17-19)28-15-11-20-7-5-14-27-18-20/h3-9,13-14,16-18,28H,2,10-12,15H2,1H3,(H2,25,29). The lowest BCUT2D eigenvalue weighted by Crippen LogP contribution is -2.53. The molecule has 1 atom stereocenters. The predicted molar refractivity (Wildman–Crippen MR) is 117 cm³/mol. The normalized spacial score (nSPS) is 12.8. The minimum Gasteiger partial charge on any atom is -0.494 e. The van der Waals surface area contributed by atoms with Crippen LogP contribution in [0.15, 0.2) is 73.3 Å². The van der Waals surface area contributed by atoms with E-state index in [1.54, 1.807) is 12.4 Å². The molecule has 2 heterocycles. The monoisotopic (exact) mass is 404 g/mol. The third-order valence-electron chi connectivity index (χ3n) is 5.13. The van der Waals surface area contributed by atoms with Crippen molar-refractivity contribution >= 4 is 5.91 Å². The van der Waals surface area contributed by atoms with Crippen molar-refractivity contribution in [3.8, 4) is 5.75 Å². The molecule has 0 spiro atoms. The van der Waals surface area contributed by atoms with Crippen LogP contribution in [0.25, 0.3) is 0 Å². The first-order chi connectivity index (χ1) is 14.6. The molecular weight excluding hydrogens is 376 g/mol. The Kier molecular flexibility index (Phi) is 7.51. The first-order valence-electron chi connectivity index (χ1n) is 10.2. The average molecular weight is 405 g/mol. The number of ether oxygens (including phenoxy) is 1. The average Bonchev–Trinajstić information content (AvgIpc) is 2.78. The van der Waals surface area contributed by atoms with Crippen molar-refractivity contribution in [3.63, 3.8) is 0 Å². The van der Waals surface area contributed by atoms with Gasteiger partial charge >= 0.3 is 0 Å². The van der Waals surface area contributed by atoms with Gasteiger partial charge in [0.1, 0.15) is 11.3 Å². The predicted octanol–water partition coefficient (Wildman–Crippen LogP) is 3.02. The number of nitrogens with one attached hydrogen (secondary N) is 1. The summed E-state index contributed by atoms with van der Waals surface area (Å²) in [6.07, 6.45) is 9.05. The fourth-order valence-corrected chi connectivity index (χ4v) is 3.55. The van der Waals surface area contributed by atoms with Crippen LogP contribution < -0.4 is 15.8 Å². The lowest BCUT2D eigenvalue weighted by Gasteiger charge is -2.33. The van der Waals surface area contributed by atoms with Gasteiger partial charge in [-0.15, -0.1) is 0 Å². The van der Waals surface area contributed by atoms with Crippen LogP contribution >= 0.6 is 0 Å². The Bertz CT molecular complexity index is 934. The molecule has 3 N–H and O–H groups in total. The van der Waals surface area contributed by atoms with E-state index in [2.05, 4.69) is 15.3 Å². The Balaban J connectivity index is 1.87. The van der Waals surface area contributed by atoms with Crippen molar-refractivity contribution < 1.29 is 9.53 Å². The van der Waals surface area contributed by atoms with Crippen LogP contribution in [-0.4, -0.2) is 29.0 Å². The summed E-state index contributed by atoms with van der Waals surface area (Å²) >= 11 is 0. The number of aryl methyl sites for hydroxylation is 1. The zero-order valence-electron chi connectivity index (χ0n) is 17.3. The molecule has 6 heteroatoms. The van der Waals surface area contributed by atoms with Crippen molar-refractivity contribution in [2.45, 2.75) is 31.7 Å². The van der Waals surface area contributed by atoms with E-state index in [1.807, 2.05) is 67.8 Å². The Hall–Kier alpha value is -3.25. The third-order valence-corrected chi connectivity index (χ3v) is 5.13. The van der Waals surface area contributed by atoms with E-state index in [4.69, 9.17) is 10.5 Å². The van der Waals surface area contributed by atoms with E-state index in [9.17, 15) is 4.79 Å². The minimum atomic E-state index is -1.02. The third kappa shape index (κ3) is 5.42. The van der Waals surface area contributed by atoms with Crippen molar-refractivity contribution in [2.75, 3.05) is 13.2 Å². The van der Waals surface area contributed by atoms with E-state index in [-0.39, 0.29) is 0 Å². The zero-order chi connectivity index (χ0) is 21.2. The van der Waals surface area contributed by atoms with Gasteiger partial charge in [0.15, 0.2) is 0 Å². The van der Waals surface area contributed by atoms with Gasteiger partial charge in [0.2, 0.25) is 5.91 Å². The minimum absolute atomic E-state index is 0.411. The number of pyridine rings is 2. The molecule has 1 amide bonds. The number of aromatic nitrogens is 2. The van der Waals surface area contributed by atoms with Crippen LogP contribution in [0.1, 0.15) is 30.0 Å². The molecule has 0 fully saturated rings. The summed E-state index contributed by atoms with van der Waals surface area (Å²) in [7, 11) is 0. The van der Waals surface area contributed by atoms with Gasteiger partial charge in [-0.05, 0) is 67.1 Å². The number of hydrogen-bond donors (Lipinski definition) is 2. The van der Waals surface area contributed by atoms with E-state index in [0.29, 0.717) is 26.0 Å². The number of nitrogens with two attached hydrogens (primary N) is 1. The van der Waals surface area contributed by atoms with Crippen LogP contribution in [0.3, 0.4) is 0 Å². The van der Waals surface area contributed by atoms with Crippen LogP contribution in [0.4, 0.5) is 0 Å². The molecule has 0 aliphatic rings. The summed E-state index contributed by atoms with van der Waals surface area (Å²) in [5.41, 5.74) is 7.93. The molecule has 1 aromatic carbocycles. The van der Waals surface area contributed by atoms with E-state index < -0.39 is 11.4 Å². The van der Waals surface area contributed by atoms with Crippen molar-refractivity contribution in [1.82, 2.24) is 15.3 Å². The first-order valence-corrected chi connectivity index (χ1v) is 10.2. The number of amides is 1. The summed E-state index contributed by atoms with van der Waals surface area (Å²) in [6, 6.07) is 15.4. The fraction of sp³-hybridized carbons (Fsp3) is 0.292. The number of nitrogens with zero attached hydrogens (tertiary/aromatic N) is 2. The van der Waals surface area contributed by atoms with Gasteiger partial charge in [0.05, 0.1) is 6.61 Å². The summed E-state index contributed by atoms with van der Waals surface area (Å²) in [5.74, 6) is 0.308. The number of carbonyl (C=O) groups excluding carboxylic acids is 1. The van der Waals surface area contributed by atoms with Crippen LogP contribution in [0.5, 0.6) is 5.75 Å². The highest BCUT2D eigenvalue weighted by molar-refractivity contribution is 5.86. The maximum Gasteiger partial charge on any atom is 0.242 e. The van der Waals surface area contributed by atoms with Crippen molar-refractivity contribution in [2.24, 2.45) is 5.73 Å². The molecule has 0 saturated carbocycles. The topological polar surface area (TPSA) is 90.1 Å². The maximum atomic E-state index is 12.8. The smallest absolute Gasteiger partial charge is 0.242 e. The summed E-state index contributed by atoms with van der Waals surface area (Å²) < 4.78 is 5.66. The second-order valence-electron chi connectivity index (χ2n) is 7.13. The summed E-state index contributed by atoms with van der Waals surface area (Å²) in [5, 5.41) is 3.46. The van der Waals surface area contributed by atoms with E-state index >= 15 is 0 Å². The van der Waals surface area contributed by atoms with Gasteiger partial charge < -0.3 is 10.5 Å². The number of hydrogen-bond acceptors (Lipinski definition) is 5. The zero-order valence-corrected chi connectivity index (χ0v) is 17.3. The first kappa shape index (κ1) is 21.5. The molecule has 3 rings (SSSR count). The second kappa shape index (κ2) is 10.5. The molecule has 0 radical (unpaired) electrons. The number of primary amides is 1. The van der Waals surface area contributed by atoms with E-state index in [1.165, 1.54) is 0 Å². The molecule has 6 nitrogen and oxygen atoms in total. The largest absolute Gasteiger partial charge is 0.494 e. The lowest BCUT2D eigenvalue weighted by atomic mass is 9.83. The van der Waals surface area contributed by atoms with Crippen LogP contribution in [0.2, 0.25) is 0 Å². The Morgan fingerprint density at radius 3 is 2.33 bits per heavy atom.